The molecule has 3 aromatic rings. The Labute approximate surface area is 193 Å². The Morgan fingerprint density at radius 1 is 1.12 bits per heavy atom. The van der Waals surface area contributed by atoms with Crippen molar-refractivity contribution >= 4 is 11.6 Å². The van der Waals surface area contributed by atoms with E-state index in [1.54, 1.807) is 6.20 Å². The van der Waals surface area contributed by atoms with Crippen LogP contribution in [0.15, 0.2) is 61.1 Å². The van der Waals surface area contributed by atoms with Crippen molar-refractivity contribution < 1.29 is 13.9 Å². The minimum atomic E-state index is -0.342. The number of ether oxygens (including phenoxy) is 1. The maximum absolute atomic E-state index is 13.1. The summed E-state index contributed by atoms with van der Waals surface area (Å²) in [7, 11) is 0. The smallest absolute Gasteiger partial charge is 0.259 e. The van der Waals surface area contributed by atoms with Crippen LogP contribution < -0.4 is 10.1 Å². The van der Waals surface area contributed by atoms with E-state index in [4.69, 9.17) is 4.74 Å². The molecule has 1 saturated heterocycles. The summed E-state index contributed by atoms with van der Waals surface area (Å²) >= 11 is 0. The summed E-state index contributed by atoms with van der Waals surface area (Å²) in [4.78, 5) is 23.7. The summed E-state index contributed by atoms with van der Waals surface area (Å²) in [5.74, 6) is 0.758. The topological polar surface area (TPSA) is 67.3 Å². The molecule has 0 atom stereocenters. The van der Waals surface area contributed by atoms with Gasteiger partial charge in [0.05, 0.1) is 17.9 Å². The molecule has 7 heteroatoms. The third-order valence-corrected chi connectivity index (χ3v) is 5.97. The highest BCUT2D eigenvalue weighted by Crippen LogP contribution is 2.24. The van der Waals surface area contributed by atoms with Gasteiger partial charge in [-0.25, -0.2) is 14.4 Å². The van der Waals surface area contributed by atoms with E-state index in [-0.39, 0.29) is 11.7 Å². The van der Waals surface area contributed by atoms with Crippen LogP contribution in [-0.2, 0) is 13.0 Å². The Kier molecular flexibility index (Phi) is 7.62. The zero-order valence-corrected chi connectivity index (χ0v) is 18.8. The van der Waals surface area contributed by atoms with Crippen LogP contribution in [0.4, 0.5) is 10.1 Å². The first kappa shape index (κ1) is 22.9. The average Bonchev–Trinajstić information content (AvgIpc) is 2.83. The number of aromatic nitrogens is 2. The van der Waals surface area contributed by atoms with Crippen LogP contribution in [0.2, 0.25) is 0 Å². The molecular weight excluding hydrogens is 419 g/mol. The first-order valence-electron chi connectivity index (χ1n) is 11.4. The van der Waals surface area contributed by atoms with Gasteiger partial charge in [0.25, 0.3) is 5.91 Å². The summed E-state index contributed by atoms with van der Waals surface area (Å²) < 4.78 is 18.6. The van der Waals surface area contributed by atoms with Crippen molar-refractivity contribution in [2.75, 3.05) is 25.0 Å². The number of nitrogens with zero attached hydrogens (tertiary/aromatic N) is 3. The standard InChI is InChI=1S/C26H29FN4O2/c1-2-33-23-9-3-20(4-10-23)17-31-13-11-19(12-14-31)15-25-24(16-28-18-29-25)26(32)30-22-7-5-21(27)6-8-22/h3-10,16,18-19H,2,11-15,17H2,1H3,(H,30,32). The molecule has 1 fully saturated rings. The van der Waals surface area contributed by atoms with Crippen molar-refractivity contribution in [1.29, 1.82) is 0 Å². The van der Waals surface area contributed by atoms with Crippen LogP contribution in [0.1, 0.15) is 41.4 Å². The Bertz CT molecular complexity index is 1050. The minimum absolute atomic E-state index is 0.273. The number of likely N-dealkylation sites (tertiary alicyclic amines) is 1. The molecular formula is C26H29FN4O2. The van der Waals surface area contributed by atoms with Crippen LogP contribution in [0.5, 0.6) is 5.75 Å². The highest BCUT2D eigenvalue weighted by molar-refractivity contribution is 6.04. The molecule has 0 radical (unpaired) electrons. The van der Waals surface area contributed by atoms with Gasteiger partial charge in [0.15, 0.2) is 0 Å². The monoisotopic (exact) mass is 448 g/mol. The third-order valence-electron chi connectivity index (χ3n) is 5.97. The van der Waals surface area contributed by atoms with Crippen molar-refractivity contribution in [1.82, 2.24) is 14.9 Å². The number of hydrogen-bond acceptors (Lipinski definition) is 5. The number of piperidine rings is 1. The molecule has 0 spiro atoms. The minimum Gasteiger partial charge on any atom is -0.494 e. The summed E-state index contributed by atoms with van der Waals surface area (Å²) in [5, 5.41) is 2.81. The predicted molar refractivity (Wildman–Crippen MR) is 126 cm³/mol. The molecule has 6 nitrogen and oxygen atoms in total. The van der Waals surface area contributed by atoms with Gasteiger partial charge < -0.3 is 10.1 Å². The van der Waals surface area contributed by atoms with Crippen LogP contribution in [0.3, 0.4) is 0 Å². The molecule has 33 heavy (non-hydrogen) atoms. The number of amides is 1. The molecule has 1 amide bonds. The molecule has 1 aliphatic rings. The Morgan fingerprint density at radius 3 is 2.55 bits per heavy atom. The van der Waals surface area contributed by atoms with Crippen LogP contribution in [0.25, 0.3) is 0 Å². The van der Waals surface area contributed by atoms with Gasteiger partial charge in [-0.15, -0.1) is 0 Å². The van der Waals surface area contributed by atoms with E-state index in [9.17, 15) is 9.18 Å². The van der Waals surface area contributed by atoms with Crippen LogP contribution in [0, 0.1) is 11.7 Å². The largest absolute Gasteiger partial charge is 0.494 e. The van der Waals surface area contributed by atoms with Gasteiger partial charge in [0, 0.05) is 18.4 Å². The molecule has 172 valence electrons. The second-order valence-electron chi connectivity index (χ2n) is 8.34. The molecule has 4 rings (SSSR count). The number of benzene rings is 2. The van der Waals surface area contributed by atoms with E-state index < -0.39 is 0 Å². The molecule has 2 aromatic carbocycles. The highest BCUT2D eigenvalue weighted by Gasteiger charge is 2.23. The maximum Gasteiger partial charge on any atom is 0.259 e. The van der Waals surface area contributed by atoms with E-state index >= 15 is 0 Å². The Balaban J connectivity index is 1.31. The molecule has 0 aliphatic carbocycles. The maximum atomic E-state index is 13.1. The van der Waals surface area contributed by atoms with Gasteiger partial charge in [0.2, 0.25) is 0 Å². The van der Waals surface area contributed by atoms with Gasteiger partial charge in [-0.2, -0.15) is 0 Å². The van der Waals surface area contributed by atoms with Gasteiger partial charge in [-0.3, -0.25) is 9.69 Å². The lowest BCUT2D eigenvalue weighted by molar-refractivity contribution is 0.102. The van der Waals surface area contributed by atoms with Gasteiger partial charge >= 0.3 is 0 Å². The van der Waals surface area contributed by atoms with Gasteiger partial charge in [-0.05, 0) is 87.2 Å². The average molecular weight is 449 g/mol. The number of halogens is 1. The van der Waals surface area contributed by atoms with Crippen molar-refractivity contribution in [3.63, 3.8) is 0 Å². The third kappa shape index (κ3) is 6.35. The number of hydrogen-bond donors (Lipinski definition) is 1. The summed E-state index contributed by atoms with van der Waals surface area (Å²) in [5.41, 5.74) is 3.06. The molecule has 1 N–H and O–H groups in total. The van der Waals surface area contributed by atoms with Crippen molar-refractivity contribution in [2.24, 2.45) is 5.92 Å². The number of carbonyl (C=O) groups excluding carboxylic acids is 1. The lowest BCUT2D eigenvalue weighted by Crippen LogP contribution is -2.34. The second-order valence-corrected chi connectivity index (χ2v) is 8.34. The SMILES string of the molecule is CCOc1ccc(CN2CCC(Cc3ncncc3C(=O)Nc3ccc(F)cc3)CC2)cc1. The van der Waals surface area contributed by atoms with E-state index in [2.05, 4.69) is 32.3 Å². The van der Waals surface area contributed by atoms with E-state index in [0.717, 1.165) is 50.3 Å². The predicted octanol–water partition coefficient (Wildman–Crippen LogP) is 4.72. The zero-order chi connectivity index (χ0) is 23.0. The van der Waals surface area contributed by atoms with Gasteiger partial charge in [0.1, 0.15) is 17.9 Å². The zero-order valence-electron chi connectivity index (χ0n) is 18.8. The first-order valence-corrected chi connectivity index (χ1v) is 11.4. The number of carbonyl (C=O) groups is 1. The summed E-state index contributed by atoms with van der Waals surface area (Å²) in [6, 6.07) is 14.0. The quantitative estimate of drug-likeness (QED) is 0.540. The number of nitrogens with one attached hydrogen (secondary N) is 1. The highest BCUT2D eigenvalue weighted by atomic mass is 19.1. The van der Waals surface area contributed by atoms with Crippen LogP contribution >= 0.6 is 0 Å². The van der Waals surface area contributed by atoms with Gasteiger partial charge in [-0.1, -0.05) is 12.1 Å². The second kappa shape index (κ2) is 11.0. The van der Waals surface area contributed by atoms with Crippen molar-refractivity contribution in [3.05, 3.63) is 83.7 Å². The van der Waals surface area contributed by atoms with E-state index in [1.807, 2.05) is 19.1 Å². The van der Waals surface area contributed by atoms with E-state index in [1.165, 1.54) is 36.2 Å². The molecule has 0 bridgehead atoms. The number of rotatable bonds is 8. The summed E-state index contributed by atoms with van der Waals surface area (Å²) in [6.45, 7) is 5.62. The van der Waals surface area contributed by atoms with Crippen LogP contribution in [-0.4, -0.2) is 40.5 Å². The summed E-state index contributed by atoms with van der Waals surface area (Å²) in [6.07, 6.45) is 5.90. The molecule has 0 saturated carbocycles. The fourth-order valence-corrected chi connectivity index (χ4v) is 4.18. The lowest BCUT2D eigenvalue weighted by Gasteiger charge is -2.32. The molecule has 1 aliphatic heterocycles. The Morgan fingerprint density at radius 2 is 1.85 bits per heavy atom. The normalized spacial score (nSPS) is 14.7. The number of anilines is 1. The first-order chi connectivity index (χ1) is 16.1. The fourth-order valence-electron chi connectivity index (χ4n) is 4.18. The molecule has 2 heterocycles. The molecule has 0 unspecified atom stereocenters. The van der Waals surface area contributed by atoms with Crippen molar-refractivity contribution in [2.45, 2.75) is 32.7 Å². The fraction of sp³-hybridized carbons (Fsp3) is 0.346. The Hall–Kier alpha value is -3.32. The molecule has 1 aromatic heterocycles. The lowest BCUT2D eigenvalue weighted by atomic mass is 9.90. The van der Waals surface area contributed by atoms with Crippen molar-refractivity contribution in [3.8, 4) is 5.75 Å². The van der Waals surface area contributed by atoms with E-state index in [0.29, 0.717) is 23.8 Å².